The van der Waals surface area contributed by atoms with Crippen molar-refractivity contribution in [2.45, 2.75) is 43.2 Å². The van der Waals surface area contributed by atoms with Crippen LogP contribution in [0.25, 0.3) is 0 Å². The Morgan fingerprint density at radius 3 is 2.80 bits per heavy atom. The molecule has 20 heavy (non-hydrogen) atoms. The summed E-state index contributed by atoms with van der Waals surface area (Å²) in [5.41, 5.74) is 0.644. The fourth-order valence-corrected chi connectivity index (χ4v) is 5.69. The van der Waals surface area contributed by atoms with E-state index in [2.05, 4.69) is 5.32 Å². The van der Waals surface area contributed by atoms with E-state index < -0.39 is 10.0 Å². The first-order chi connectivity index (χ1) is 9.51. The van der Waals surface area contributed by atoms with Gasteiger partial charge in [0, 0.05) is 23.7 Å². The van der Waals surface area contributed by atoms with Crippen molar-refractivity contribution in [1.29, 1.82) is 0 Å². The highest BCUT2D eigenvalue weighted by atomic mass is 35.5. The number of sulfonamides is 1. The van der Waals surface area contributed by atoms with Crippen LogP contribution in [0.3, 0.4) is 0 Å². The second-order valence-electron chi connectivity index (χ2n) is 5.58. The van der Waals surface area contributed by atoms with E-state index in [1.165, 1.54) is 0 Å². The standard InChI is InChI=1S/C14H19ClN2O2S/c1-10-13(15)3-2-4-14(10)20(18,19)17-11-5-6-12(17)9-16-8-7-11/h2-4,11-12,16H,5-9H2,1H3/t11-,12+/m1/s1. The second-order valence-corrected chi connectivity index (χ2v) is 7.79. The van der Waals surface area contributed by atoms with Crippen LogP contribution in [-0.4, -0.2) is 37.9 Å². The van der Waals surface area contributed by atoms with Crippen molar-refractivity contribution in [2.24, 2.45) is 0 Å². The molecule has 1 aromatic rings. The Bertz CT molecular complexity index is 604. The van der Waals surface area contributed by atoms with Crippen molar-refractivity contribution in [3.05, 3.63) is 28.8 Å². The third kappa shape index (κ3) is 2.26. The van der Waals surface area contributed by atoms with Gasteiger partial charge in [-0.25, -0.2) is 8.42 Å². The fraction of sp³-hybridized carbons (Fsp3) is 0.571. The molecule has 2 saturated heterocycles. The predicted octanol–water partition coefficient (Wildman–Crippen LogP) is 2.16. The zero-order valence-electron chi connectivity index (χ0n) is 11.5. The normalized spacial score (nSPS) is 27.5. The number of nitrogens with one attached hydrogen (secondary N) is 1. The summed E-state index contributed by atoms with van der Waals surface area (Å²) in [6.45, 7) is 3.41. The molecule has 2 bridgehead atoms. The number of fused-ring (bicyclic) bond motifs is 2. The van der Waals surface area contributed by atoms with Gasteiger partial charge in [-0.1, -0.05) is 17.7 Å². The number of halogens is 1. The van der Waals surface area contributed by atoms with E-state index in [1.807, 2.05) is 0 Å². The number of hydrogen-bond acceptors (Lipinski definition) is 3. The van der Waals surface area contributed by atoms with Gasteiger partial charge in [-0.05, 0) is 50.4 Å². The van der Waals surface area contributed by atoms with Crippen LogP contribution in [0.2, 0.25) is 5.02 Å². The van der Waals surface area contributed by atoms with Gasteiger partial charge in [0.05, 0.1) is 4.90 Å². The smallest absolute Gasteiger partial charge is 0.243 e. The lowest BCUT2D eigenvalue weighted by Crippen LogP contribution is -2.42. The van der Waals surface area contributed by atoms with Crippen LogP contribution in [0.1, 0.15) is 24.8 Å². The SMILES string of the molecule is Cc1c(Cl)cccc1S(=O)(=O)N1[C@H]2CCNC[C@@H]1CC2. The van der Waals surface area contributed by atoms with E-state index in [9.17, 15) is 8.42 Å². The molecule has 2 atom stereocenters. The lowest BCUT2D eigenvalue weighted by molar-refractivity contribution is 0.334. The van der Waals surface area contributed by atoms with Crippen LogP contribution in [0.4, 0.5) is 0 Å². The van der Waals surface area contributed by atoms with Gasteiger partial charge in [-0.2, -0.15) is 4.31 Å². The first-order valence-electron chi connectivity index (χ1n) is 7.01. The van der Waals surface area contributed by atoms with Crippen molar-refractivity contribution in [3.8, 4) is 0 Å². The molecule has 0 radical (unpaired) electrons. The zero-order chi connectivity index (χ0) is 14.3. The van der Waals surface area contributed by atoms with Crippen molar-refractivity contribution in [1.82, 2.24) is 9.62 Å². The highest BCUT2D eigenvalue weighted by Crippen LogP contribution is 2.35. The Balaban J connectivity index is 2.05. The molecule has 0 saturated carbocycles. The third-order valence-electron chi connectivity index (χ3n) is 4.36. The first-order valence-corrected chi connectivity index (χ1v) is 8.83. The molecule has 0 aliphatic carbocycles. The lowest BCUT2D eigenvalue weighted by atomic mass is 10.1. The predicted molar refractivity (Wildman–Crippen MR) is 79.5 cm³/mol. The van der Waals surface area contributed by atoms with Gasteiger partial charge in [0.15, 0.2) is 0 Å². The van der Waals surface area contributed by atoms with E-state index in [0.29, 0.717) is 15.5 Å². The molecule has 1 aromatic carbocycles. The summed E-state index contributed by atoms with van der Waals surface area (Å²) >= 11 is 6.08. The molecule has 2 heterocycles. The first kappa shape index (κ1) is 14.3. The molecule has 4 nitrogen and oxygen atoms in total. The number of rotatable bonds is 2. The van der Waals surface area contributed by atoms with Crippen LogP contribution in [0.15, 0.2) is 23.1 Å². The molecular formula is C14H19ClN2O2S. The molecule has 0 spiro atoms. The number of hydrogen-bond donors (Lipinski definition) is 1. The summed E-state index contributed by atoms with van der Waals surface area (Å²) in [4.78, 5) is 0.351. The zero-order valence-corrected chi connectivity index (χ0v) is 13.0. The Hall–Kier alpha value is -0.620. The van der Waals surface area contributed by atoms with Crippen LogP contribution < -0.4 is 5.32 Å². The van der Waals surface area contributed by atoms with E-state index in [1.54, 1.807) is 29.4 Å². The summed E-state index contributed by atoms with van der Waals surface area (Å²) < 4.78 is 27.8. The fourth-order valence-electron chi connectivity index (χ4n) is 3.31. The third-order valence-corrected chi connectivity index (χ3v) is 6.92. The van der Waals surface area contributed by atoms with Crippen LogP contribution in [-0.2, 0) is 10.0 Å². The number of nitrogens with zero attached hydrogens (tertiary/aromatic N) is 1. The molecule has 2 fully saturated rings. The van der Waals surface area contributed by atoms with E-state index in [-0.39, 0.29) is 12.1 Å². The van der Waals surface area contributed by atoms with Gasteiger partial charge in [-0.3, -0.25) is 0 Å². The summed E-state index contributed by atoms with van der Waals surface area (Å²) in [5, 5.41) is 3.83. The average molecular weight is 315 g/mol. The van der Waals surface area contributed by atoms with Gasteiger partial charge in [-0.15, -0.1) is 0 Å². The molecule has 1 N–H and O–H groups in total. The molecule has 0 aromatic heterocycles. The van der Waals surface area contributed by atoms with Gasteiger partial charge in [0.2, 0.25) is 10.0 Å². The molecule has 2 aliphatic rings. The Kier molecular flexibility index (Phi) is 3.79. The Morgan fingerprint density at radius 2 is 2.00 bits per heavy atom. The number of benzene rings is 1. The van der Waals surface area contributed by atoms with Crippen LogP contribution in [0.5, 0.6) is 0 Å². The lowest BCUT2D eigenvalue weighted by Gasteiger charge is -2.27. The molecular weight excluding hydrogens is 296 g/mol. The monoisotopic (exact) mass is 314 g/mol. The molecule has 110 valence electrons. The van der Waals surface area contributed by atoms with Crippen molar-refractivity contribution < 1.29 is 8.42 Å². The van der Waals surface area contributed by atoms with Crippen LogP contribution in [0, 0.1) is 6.92 Å². The van der Waals surface area contributed by atoms with E-state index >= 15 is 0 Å². The van der Waals surface area contributed by atoms with Crippen molar-refractivity contribution in [2.75, 3.05) is 13.1 Å². The highest BCUT2D eigenvalue weighted by Gasteiger charge is 2.43. The average Bonchev–Trinajstić information content (AvgIpc) is 2.66. The van der Waals surface area contributed by atoms with Crippen molar-refractivity contribution in [3.63, 3.8) is 0 Å². The maximum atomic E-state index is 13.0. The minimum atomic E-state index is -3.47. The summed E-state index contributed by atoms with van der Waals surface area (Å²) in [5.74, 6) is 0. The molecule has 2 aliphatic heterocycles. The Labute approximate surface area is 125 Å². The minimum Gasteiger partial charge on any atom is -0.315 e. The van der Waals surface area contributed by atoms with Crippen LogP contribution >= 0.6 is 11.6 Å². The van der Waals surface area contributed by atoms with E-state index in [0.717, 1.165) is 32.4 Å². The van der Waals surface area contributed by atoms with Gasteiger partial charge in [0.1, 0.15) is 0 Å². The summed E-state index contributed by atoms with van der Waals surface area (Å²) in [6.07, 6.45) is 2.79. The molecule has 6 heteroatoms. The maximum Gasteiger partial charge on any atom is 0.243 e. The second kappa shape index (κ2) is 5.30. The molecule has 0 unspecified atom stereocenters. The quantitative estimate of drug-likeness (QED) is 0.910. The van der Waals surface area contributed by atoms with Gasteiger partial charge < -0.3 is 5.32 Å². The highest BCUT2D eigenvalue weighted by molar-refractivity contribution is 7.89. The largest absolute Gasteiger partial charge is 0.315 e. The molecule has 0 amide bonds. The molecule has 3 rings (SSSR count). The Morgan fingerprint density at radius 1 is 1.25 bits per heavy atom. The van der Waals surface area contributed by atoms with Crippen molar-refractivity contribution >= 4 is 21.6 Å². The topological polar surface area (TPSA) is 49.4 Å². The maximum absolute atomic E-state index is 13.0. The van der Waals surface area contributed by atoms with E-state index in [4.69, 9.17) is 11.6 Å². The summed E-state index contributed by atoms with van der Waals surface area (Å²) in [6, 6.07) is 5.30. The van der Waals surface area contributed by atoms with Gasteiger partial charge in [0.25, 0.3) is 0 Å². The van der Waals surface area contributed by atoms with Gasteiger partial charge >= 0.3 is 0 Å². The summed E-state index contributed by atoms with van der Waals surface area (Å²) in [7, 11) is -3.47. The minimum absolute atomic E-state index is 0.0749.